The van der Waals surface area contributed by atoms with Crippen LogP contribution in [-0.2, 0) is 0 Å². The van der Waals surface area contributed by atoms with Crippen LogP contribution in [0.15, 0.2) is 45.3 Å². The minimum absolute atomic E-state index is 0.0920. The van der Waals surface area contributed by atoms with Gasteiger partial charge >= 0.3 is 0 Å². The quantitative estimate of drug-likeness (QED) is 0.788. The van der Waals surface area contributed by atoms with Crippen LogP contribution < -0.4 is 5.32 Å². The fourth-order valence-electron chi connectivity index (χ4n) is 1.45. The molecule has 19 heavy (non-hydrogen) atoms. The monoisotopic (exact) mass is 389 g/mol. The van der Waals surface area contributed by atoms with Gasteiger partial charge in [0.2, 0.25) is 0 Å². The first-order valence-electron chi connectivity index (χ1n) is 5.19. The van der Waals surface area contributed by atoms with Gasteiger partial charge in [0.05, 0.1) is 11.3 Å². The summed E-state index contributed by atoms with van der Waals surface area (Å²) in [7, 11) is 0. The van der Waals surface area contributed by atoms with Crippen molar-refractivity contribution in [1.82, 2.24) is 0 Å². The molecular formula is C13H7Br2F2NO. The van der Waals surface area contributed by atoms with Crippen LogP contribution in [0.4, 0.5) is 14.5 Å². The summed E-state index contributed by atoms with van der Waals surface area (Å²) in [5.74, 6) is -1.66. The van der Waals surface area contributed by atoms with Crippen molar-refractivity contribution < 1.29 is 13.6 Å². The number of hydrogen-bond donors (Lipinski definition) is 1. The predicted octanol–water partition coefficient (Wildman–Crippen LogP) is 4.74. The Balaban J connectivity index is 2.28. The topological polar surface area (TPSA) is 29.1 Å². The molecule has 0 aliphatic rings. The van der Waals surface area contributed by atoms with Gasteiger partial charge in [0.25, 0.3) is 5.91 Å². The number of carbonyl (C=O) groups is 1. The first-order valence-corrected chi connectivity index (χ1v) is 6.77. The van der Waals surface area contributed by atoms with Crippen LogP contribution >= 0.6 is 31.9 Å². The third-order valence-corrected chi connectivity index (χ3v) is 3.50. The summed E-state index contributed by atoms with van der Waals surface area (Å²) >= 11 is 6.29. The van der Waals surface area contributed by atoms with Crippen molar-refractivity contribution in [2.45, 2.75) is 0 Å². The number of anilines is 1. The van der Waals surface area contributed by atoms with Crippen LogP contribution in [0.3, 0.4) is 0 Å². The van der Waals surface area contributed by atoms with E-state index >= 15 is 0 Å². The summed E-state index contributed by atoms with van der Waals surface area (Å²) in [6.45, 7) is 0. The van der Waals surface area contributed by atoms with Gasteiger partial charge in [0.15, 0.2) is 0 Å². The summed E-state index contributed by atoms with van der Waals surface area (Å²) in [6, 6.07) is 7.89. The highest BCUT2D eigenvalue weighted by molar-refractivity contribution is 9.10. The zero-order valence-corrected chi connectivity index (χ0v) is 12.6. The average Bonchev–Trinajstić information content (AvgIpc) is 2.35. The Labute approximate surface area is 125 Å². The zero-order chi connectivity index (χ0) is 14.0. The molecule has 0 unspecified atom stereocenters. The number of halogens is 4. The van der Waals surface area contributed by atoms with Gasteiger partial charge in [-0.05, 0) is 52.3 Å². The smallest absolute Gasteiger partial charge is 0.258 e. The van der Waals surface area contributed by atoms with Crippen LogP contribution in [0.25, 0.3) is 0 Å². The van der Waals surface area contributed by atoms with Gasteiger partial charge < -0.3 is 5.32 Å². The lowest BCUT2D eigenvalue weighted by Gasteiger charge is -2.08. The van der Waals surface area contributed by atoms with E-state index in [1.165, 1.54) is 36.4 Å². The third-order valence-electron chi connectivity index (χ3n) is 2.35. The highest BCUT2D eigenvalue weighted by atomic mass is 79.9. The maximum atomic E-state index is 13.5. The number of amides is 1. The van der Waals surface area contributed by atoms with Crippen molar-refractivity contribution in [3.63, 3.8) is 0 Å². The molecule has 0 aliphatic heterocycles. The second-order valence-corrected chi connectivity index (χ2v) is 5.47. The summed E-state index contributed by atoms with van der Waals surface area (Å²) < 4.78 is 27.4. The molecule has 0 atom stereocenters. The maximum absolute atomic E-state index is 13.5. The van der Waals surface area contributed by atoms with E-state index in [0.717, 1.165) is 0 Å². The summed E-state index contributed by atoms with van der Waals surface area (Å²) in [5, 5.41) is 2.51. The van der Waals surface area contributed by atoms with E-state index in [1.807, 2.05) is 0 Å². The van der Waals surface area contributed by atoms with E-state index in [-0.39, 0.29) is 5.56 Å². The Kier molecular flexibility index (Phi) is 4.31. The Morgan fingerprint density at radius 1 is 1.05 bits per heavy atom. The number of benzene rings is 2. The molecule has 6 heteroatoms. The summed E-state index contributed by atoms with van der Waals surface area (Å²) in [6.07, 6.45) is 0. The lowest BCUT2D eigenvalue weighted by Crippen LogP contribution is -2.14. The standard InChI is InChI=1S/C13H7Br2F2NO/c14-7-1-3-11(17)9(5-7)13(19)18-12-4-2-8(16)6-10(12)15/h1-6H,(H,18,19). The Morgan fingerprint density at radius 3 is 2.47 bits per heavy atom. The number of carbonyl (C=O) groups excluding carboxylic acids is 1. The fourth-order valence-corrected chi connectivity index (χ4v) is 2.26. The summed E-state index contributed by atoms with van der Waals surface area (Å²) in [4.78, 5) is 11.9. The van der Waals surface area contributed by atoms with Crippen LogP contribution in [0.2, 0.25) is 0 Å². The molecule has 0 fully saturated rings. The minimum atomic E-state index is -0.626. The lowest BCUT2D eigenvalue weighted by molar-refractivity contribution is 0.102. The number of rotatable bonds is 2. The van der Waals surface area contributed by atoms with E-state index in [9.17, 15) is 13.6 Å². The van der Waals surface area contributed by atoms with E-state index in [2.05, 4.69) is 37.2 Å². The van der Waals surface area contributed by atoms with Crippen molar-refractivity contribution in [2.75, 3.05) is 5.32 Å². The van der Waals surface area contributed by atoms with E-state index in [0.29, 0.717) is 14.6 Å². The molecule has 0 radical (unpaired) electrons. The van der Waals surface area contributed by atoms with E-state index in [1.54, 1.807) is 0 Å². The molecule has 0 spiro atoms. The van der Waals surface area contributed by atoms with Gasteiger partial charge in [0, 0.05) is 8.95 Å². The lowest BCUT2D eigenvalue weighted by atomic mass is 10.2. The largest absolute Gasteiger partial charge is 0.321 e. The van der Waals surface area contributed by atoms with Crippen LogP contribution in [0.5, 0.6) is 0 Å². The van der Waals surface area contributed by atoms with Crippen molar-refractivity contribution in [3.8, 4) is 0 Å². The highest BCUT2D eigenvalue weighted by Crippen LogP contribution is 2.24. The second kappa shape index (κ2) is 5.79. The van der Waals surface area contributed by atoms with Crippen LogP contribution in [0, 0.1) is 11.6 Å². The molecule has 0 aliphatic carbocycles. The SMILES string of the molecule is O=C(Nc1ccc(F)cc1Br)c1cc(Br)ccc1F. The Morgan fingerprint density at radius 2 is 1.79 bits per heavy atom. The van der Waals surface area contributed by atoms with Crippen molar-refractivity contribution in [1.29, 1.82) is 0 Å². The average molecular weight is 391 g/mol. The predicted molar refractivity (Wildman–Crippen MR) is 76.2 cm³/mol. The number of nitrogens with one attached hydrogen (secondary N) is 1. The summed E-state index contributed by atoms with van der Waals surface area (Å²) in [5.41, 5.74) is 0.274. The van der Waals surface area contributed by atoms with E-state index in [4.69, 9.17) is 0 Å². The van der Waals surface area contributed by atoms with Gasteiger partial charge in [-0.3, -0.25) is 4.79 Å². The van der Waals surface area contributed by atoms with Crippen molar-refractivity contribution in [3.05, 3.63) is 62.5 Å². The van der Waals surface area contributed by atoms with Gasteiger partial charge in [-0.25, -0.2) is 8.78 Å². The Bertz CT molecular complexity index is 647. The molecular weight excluding hydrogens is 384 g/mol. The Hall–Kier alpha value is -1.27. The molecule has 0 saturated heterocycles. The molecule has 2 aromatic carbocycles. The fraction of sp³-hybridized carbons (Fsp3) is 0. The molecule has 0 bridgehead atoms. The molecule has 0 aromatic heterocycles. The molecule has 98 valence electrons. The van der Waals surface area contributed by atoms with Gasteiger partial charge in [-0.15, -0.1) is 0 Å². The maximum Gasteiger partial charge on any atom is 0.258 e. The molecule has 2 nitrogen and oxygen atoms in total. The molecule has 0 heterocycles. The van der Waals surface area contributed by atoms with Crippen molar-refractivity contribution >= 4 is 43.5 Å². The normalized spacial score (nSPS) is 10.3. The zero-order valence-electron chi connectivity index (χ0n) is 9.38. The van der Waals surface area contributed by atoms with Gasteiger partial charge in [-0.1, -0.05) is 15.9 Å². The van der Waals surface area contributed by atoms with Gasteiger partial charge in [0.1, 0.15) is 11.6 Å². The van der Waals surface area contributed by atoms with Crippen LogP contribution in [0.1, 0.15) is 10.4 Å². The third kappa shape index (κ3) is 3.39. The molecule has 1 amide bonds. The first-order chi connectivity index (χ1) is 8.97. The molecule has 0 saturated carbocycles. The van der Waals surface area contributed by atoms with Crippen LogP contribution in [-0.4, -0.2) is 5.91 Å². The molecule has 2 aromatic rings. The molecule has 2 rings (SSSR count). The molecule has 1 N–H and O–H groups in total. The highest BCUT2D eigenvalue weighted by Gasteiger charge is 2.13. The van der Waals surface area contributed by atoms with E-state index < -0.39 is 17.5 Å². The minimum Gasteiger partial charge on any atom is -0.321 e. The second-order valence-electron chi connectivity index (χ2n) is 3.70. The first kappa shape index (κ1) is 14.1. The van der Waals surface area contributed by atoms with Gasteiger partial charge in [-0.2, -0.15) is 0 Å². The van der Waals surface area contributed by atoms with Crippen molar-refractivity contribution in [2.24, 2.45) is 0 Å². The number of hydrogen-bond acceptors (Lipinski definition) is 1.